The van der Waals surface area contributed by atoms with Gasteiger partial charge < -0.3 is 9.47 Å². The number of ether oxygens (including phenoxy) is 2. The molecule has 1 saturated heterocycles. The van der Waals surface area contributed by atoms with Crippen LogP contribution in [0.1, 0.15) is 84.5 Å². The predicted molar refractivity (Wildman–Crippen MR) is 81.8 cm³/mol. The van der Waals surface area contributed by atoms with Crippen LogP contribution in [-0.4, -0.2) is 24.8 Å². The first-order valence-corrected chi connectivity index (χ1v) is 8.59. The first-order chi connectivity index (χ1) is 9.77. The largest absolute Gasteiger partial charge is 0.466 e. The van der Waals surface area contributed by atoms with E-state index in [0.717, 1.165) is 19.3 Å². The van der Waals surface area contributed by atoms with Crippen molar-refractivity contribution in [3.05, 3.63) is 0 Å². The third-order valence-corrected chi connectivity index (χ3v) is 3.87. The van der Waals surface area contributed by atoms with E-state index in [-0.39, 0.29) is 5.97 Å². The highest BCUT2D eigenvalue weighted by Crippen LogP contribution is 2.31. The Morgan fingerprint density at radius 2 is 1.55 bits per heavy atom. The standard InChI is InChI=1S/C17H32O3/c1-3-5-6-7-8-9-11-15-16(20-15)12-10-13-17(18)19-14-4-2/h15-16H,3-14H2,1-2H3. The molecule has 1 heterocycles. The van der Waals surface area contributed by atoms with Gasteiger partial charge in [0.25, 0.3) is 0 Å². The maximum absolute atomic E-state index is 11.3. The molecule has 1 aliphatic heterocycles. The Morgan fingerprint density at radius 1 is 0.900 bits per heavy atom. The quantitative estimate of drug-likeness (QED) is 0.281. The van der Waals surface area contributed by atoms with Gasteiger partial charge in [0.2, 0.25) is 0 Å². The van der Waals surface area contributed by atoms with Crippen molar-refractivity contribution in [3.63, 3.8) is 0 Å². The normalized spacial score (nSPS) is 20.9. The van der Waals surface area contributed by atoms with E-state index in [2.05, 4.69) is 6.92 Å². The molecule has 0 aliphatic carbocycles. The molecule has 2 atom stereocenters. The molecule has 0 amide bonds. The van der Waals surface area contributed by atoms with Gasteiger partial charge >= 0.3 is 5.97 Å². The summed E-state index contributed by atoms with van der Waals surface area (Å²) in [6.07, 6.45) is 13.5. The van der Waals surface area contributed by atoms with Crippen molar-refractivity contribution in [1.82, 2.24) is 0 Å². The van der Waals surface area contributed by atoms with E-state index in [0.29, 0.717) is 25.2 Å². The van der Waals surface area contributed by atoms with Crippen LogP contribution in [-0.2, 0) is 14.3 Å². The SMILES string of the molecule is CCCCCCCCC1OC1CCCC(=O)OCCC. The Hall–Kier alpha value is -0.570. The summed E-state index contributed by atoms with van der Waals surface area (Å²) in [5, 5.41) is 0. The lowest BCUT2D eigenvalue weighted by atomic mass is 10.1. The molecular weight excluding hydrogens is 252 g/mol. The molecule has 0 aromatic carbocycles. The Bertz CT molecular complexity index is 253. The van der Waals surface area contributed by atoms with Crippen LogP contribution < -0.4 is 0 Å². The molecule has 1 aliphatic rings. The van der Waals surface area contributed by atoms with Gasteiger partial charge in [0.05, 0.1) is 18.8 Å². The number of rotatable bonds is 13. The second-order valence-corrected chi connectivity index (χ2v) is 5.88. The van der Waals surface area contributed by atoms with Gasteiger partial charge in [-0.15, -0.1) is 0 Å². The number of unbranched alkanes of at least 4 members (excludes halogenated alkanes) is 5. The van der Waals surface area contributed by atoms with Crippen molar-refractivity contribution in [1.29, 1.82) is 0 Å². The summed E-state index contributed by atoms with van der Waals surface area (Å²) in [6, 6.07) is 0. The first kappa shape index (κ1) is 17.5. The zero-order valence-corrected chi connectivity index (χ0v) is 13.4. The fourth-order valence-electron chi connectivity index (χ4n) is 2.55. The molecule has 1 fully saturated rings. The van der Waals surface area contributed by atoms with E-state index in [4.69, 9.17) is 9.47 Å². The summed E-state index contributed by atoms with van der Waals surface area (Å²) >= 11 is 0. The number of hydrogen-bond donors (Lipinski definition) is 0. The summed E-state index contributed by atoms with van der Waals surface area (Å²) in [7, 11) is 0. The average Bonchev–Trinajstić information content (AvgIpc) is 3.19. The van der Waals surface area contributed by atoms with Crippen LogP contribution in [0, 0.1) is 0 Å². The van der Waals surface area contributed by atoms with Gasteiger partial charge in [-0.2, -0.15) is 0 Å². The molecule has 0 N–H and O–H groups in total. The Morgan fingerprint density at radius 3 is 2.25 bits per heavy atom. The highest BCUT2D eigenvalue weighted by Gasteiger charge is 2.37. The van der Waals surface area contributed by atoms with Crippen LogP contribution >= 0.6 is 0 Å². The lowest BCUT2D eigenvalue weighted by Crippen LogP contribution is -2.05. The van der Waals surface area contributed by atoms with Gasteiger partial charge in [-0.05, 0) is 25.7 Å². The zero-order chi connectivity index (χ0) is 14.6. The van der Waals surface area contributed by atoms with Crippen molar-refractivity contribution in [2.24, 2.45) is 0 Å². The molecule has 0 radical (unpaired) electrons. The molecule has 1 rings (SSSR count). The van der Waals surface area contributed by atoms with Crippen molar-refractivity contribution in [2.45, 2.75) is 96.7 Å². The third kappa shape index (κ3) is 8.57. The van der Waals surface area contributed by atoms with Gasteiger partial charge in [-0.1, -0.05) is 52.4 Å². The maximum atomic E-state index is 11.3. The minimum absolute atomic E-state index is 0.0556. The lowest BCUT2D eigenvalue weighted by Gasteiger charge is -2.01. The van der Waals surface area contributed by atoms with Crippen LogP contribution in [0.5, 0.6) is 0 Å². The van der Waals surface area contributed by atoms with Crippen LogP contribution in [0.25, 0.3) is 0 Å². The summed E-state index contributed by atoms with van der Waals surface area (Å²) in [5.41, 5.74) is 0. The van der Waals surface area contributed by atoms with Crippen LogP contribution in [0.3, 0.4) is 0 Å². The Labute approximate surface area is 124 Å². The molecule has 0 aromatic heterocycles. The molecule has 0 saturated carbocycles. The second-order valence-electron chi connectivity index (χ2n) is 5.88. The van der Waals surface area contributed by atoms with Crippen molar-refractivity contribution < 1.29 is 14.3 Å². The molecule has 20 heavy (non-hydrogen) atoms. The van der Waals surface area contributed by atoms with E-state index in [9.17, 15) is 4.79 Å². The van der Waals surface area contributed by atoms with Gasteiger partial charge in [0.1, 0.15) is 0 Å². The molecule has 3 heteroatoms. The second kappa shape index (κ2) is 11.1. The minimum atomic E-state index is -0.0556. The monoisotopic (exact) mass is 284 g/mol. The molecule has 0 aromatic rings. The van der Waals surface area contributed by atoms with Crippen molar-refractivity contribution in [2.75, 3.05) is 6.61 Å². The minimum Gasteiger partial charge on any atom is -0.466 e. The Kier molecular flexibility index (Phi) is 9.73. The van der Waals surface area contributed by atoms with E-state index in [1.807, 2.05) is 6.92 Å². The van der Waals surface area contributed by atoms with Crippen molar-refractivity contribution >= 4 is 5.97 Å². The van der Waals surface area contributed by atoms with Gasteiger partial charge in [-0.25, -0.2) is 0 Å². The van der Waals surface area contributed by atoms with Crippen LogP contribution in [0.4, 0.5) is 0 Å². The fraction of sp³-hybridized carbons (Fsp3) is 0.941. The molecule has 2 unspecified atom stereocenters. The van der Waals surface area contributed by atoms with Gasteiger partial charge in [0.15, 0.2) is 0 Å². The summed E-state index contributed by atoms with van der Waals surface area (Å²) in [4.78, 5) is 11.3. The highest BCUT2D eigenvalue weighted by molar-refractivity contribution is 5.69. The number of epoxide rings is 1. The van der Waals surface area contributed by atoms with Gasteiger partial charge in [0, 0.05) is 6.42 Å². The Balaban J connectivity index is 1.85. The fourth-order valence-corrected chi connectivity index (χ4v) is 2.55. The lowest BCUT2D eigenvalue weighted by molar-refractivity contribution is -0.143. The highest BCUT2D eigenvalue weighted by atomic mass is 16.6. The maximum Gasteiger partial charge on any atom is 0.305 e. The number of esters is 1. The van der Waals surface area contributed by atoms with E-state index < -0.39 is 0 Å². The number of carbonyl (C=O) groups excluding carboxylic acids is 1. The number of hydrogen-bond acceptors (Lipinski definition) is 3. The van der Waals surface area contributed by atoms with E-state index in [1.165, 1.54) is 44.9 Å². The molecule has 3 nitrogen and oxygen atoms in total. The van der Waals surface area contributed by atoms with Gasteiger partial charge in [-0.3, -0.25) is 4.79 Å². The topological polar surface area (TPSA) is 38.8 Å². The number of carbonyl (C=O) groups is 1. The predicted octanol–water partition coefficient (Wildman–Crippen LogP) is 4.63. The van der Waals surface area contributed by atoms with Crippen LogP contribution in [0.15, 0.2) is 0 Å². The average molecular weight is 284 g/mol. The first-order valence-electron chi connectivity index (χ1n) is 8.59. The van der Waals surface area contributed by atoms with E-state index >= 15 is 0 Å². The smallest absolute Gasteiger partial charge is 0.305 e. The molecule has 0 spiro atoms. The van der Waals surface area contributed by atoms with E-state index in [1.54, 1.807) is 0 Å². The third-order valence-electron chi connectivity index (χ3n) is 3.87. The molecule has 118 valence electrons. The molecular formula is C17H32O3. The van der Waals surface area contributed by atoms with Crippen molar-refractivity contribution in [3.8, 4) is 0 Å². The summed E-state index contributed by atoms with van der Waals surface area (Å²) in [6.45, 7) is 4.82. The summed E-state index contributed by atoms with van der Waals surface area (Å²) < 4.78 is 10.7. The summed E-state index contributed by atoms with van der Waals surface area (Å²) in [5.74, 6) is -0.0556. The van der Waals surface area contributed by atoms with Crippen LogP contribution in [0.2, 0.25) is 0 Å². The molecule has 0 bridgehead atoms. The zero-order valence-electron chi connectivity index (χ0n) is 13.4.